The van der Waals surface area contributed by atoms with Crippen LogP contribution in [0.5, 0.6) is 0 Å². The van der Waals surface area contributed by atoms with Crippen LogP contribution in [-0.2, 0) is 0 Å². The fraction of sp³-hybridized carbons (Fsp3) is 0. The molecule has 10 aromatic rings. The van der Waals surface area contributed by atoms with Crippen LogP contribution in [0.3, 0.4) is 0 Å². The molecular formula is C38H21N3OS. The van der Waals surface area contributed by atoms with Gasteiger partial charge in [-0.05, 0) is 23.6 Å². The van der Waals surface area contributed by atoms with Crippen molar-refractivity contribution in [2.45, 2.75) is 0 Å². The van der Waals surface area contributed by atoms with E-state index in [4.69, 9.17) is 14.4 Å². The van der Waals surface area contributed by atoms with E-state index in [1.54, 1.807) is 0 Å². The van der Waals surface area contributed by atoms with Crippen molar-refractivity contribution in [3.8, 4) is 17.2 Å². The third-order valence-corrected chi connectivity index (χ3v) is 9.83. The summed E-state index contributed by atoms with van der Waals surface area (Å²) in [6.45, 7) is 0. The van der Waals surface area contributed by atoms with Gasteiger partial charge in [-0.2, -0.15) is 4.98 Å². The molecular weight excluding hydrogens is 547 g/mol. The largest absolute Gasteiger partial charge is 0.437 e. The van der Waals surface area contributed by atoms with Crippen LogP contribution < -0.4 is 0 Å². The minimum absolute atomic E-state index is 0.586. The highest BCUT2D eigenvalue weighted by Crippen LogP contribution is 2.48. The van der Waals surface area contributed by atoms with Crippen LogP contribution in [0.2, 0.25) is 0 Å². The summed E-state index contributed by atoms with van der Waals surface area (Å²) in [5, 5.41) is 9.34. The van der Waals surface area contributed by atoms with Gasteiger partial charge in [0.1, 0.15) is 5.58 Å². The Balaban J connectivity index is 1.47. The van der Waals surface area contributed by atoms with Gasteiger partial charge in [0.05, 0.1) is 22.1 Å². The highest BCUT2D eigenvalue weighted by atomic mass is 32.1. The van der Waals surface area contributed by atoms with Crippen LogP contribution in [0.25, 0.3) is 92.0 Å². The van der Waals surface area contributed by atoms with E-state index in [9.17, 15) is 0 Å². The summed E-state index contributed by atoms with van der Waals surface area (Å²) in [6.07, 6.45) is 0. The molecule has 4 nitrogen and oxygen atoms in total. The van der Waals surface area contributed by atoms with Crippen LogP contribution in [0.1, 0.15) is 0 Å². The summed E-state index contributed by atoms with van der Waals surface area (Å²) < 4.78 is 11.2. The average molecular weight is 568 g/mol. The summed E-state index contributed by atoms with van der Waals surface area (Å²) in [6, 6.07) is 44.6. The van der Waals surface area contributed by atoms with E-state index in [1.807, 2.05) is 35.6 Å². The third kappa shape index (κ3) is 3.09. The van der Waals surface area contributed by atoms with Gasteiger partial charge in [0.2, 0.25) is 11.7 Å². The van der Waals surface area contributed by atoms with Crippen molar-refractivity contribution < 1.29 is 4.42 Å². The van der Waals surface area contributed by atoms with Crippen molar-refractivity contribution in [1.29, 1.82) is 0 Å². The first-order valence-electron chi connectivity index (χ1n) is 14.4. The molecule has 6 aromatic carbocycles. The Morgan fingerprint density at radius 1 is 0.535 bits per heavy atom. The molecule has 0 aliphatic carbocycles. The second-order valence-electron chi connectivity index (χ2n) is 10.9. The molecule has 0 bridgehead atoms. The first kappa shape index (κ1) is 23.1. The fourth-order valence-corrected chi connectivity index (χ4v) is 8.09. The Labute approximate surface area is 249 Å². The van der Waals surface area contributed by atoms with Gasteiger partial charge in [-0.25, -0.2) is 4.98 Å². The molecule has 0 saturated carbocycles. The van der Waals surface area contributed by atoms with E-state index >= 15 is 0 Å². The first-order chi connectivity index (χ1) is 21.3. The van der Waals surface area contributed by atoms with Crippen LogP contribution in [0, 0.1) is 0 Å². The quantitative estimate of drug-likeness (QED) is 0.209. The zero-order valence-electron chi connectivity index (χ0n) is 22.8. The highest BCUT2D eigenvalue weighted by molar-refractivity contribution is 7.27. The van der Waals surface area contributed by atoms with Gasteiger partial charge in [0.25, 0.3) is 0 Å². The van der Waals surface area contributed by atoms with Gasteiger partial charge in [0, 0.05) is 47.3 Å². The summed E-state index contributed by atoms with van der Waals surface area (Å²) in [5.74, 6) is 0.600. The molecule has 10 rings (SSSR count). The molecule has 0 fully saturated rings. The molecule has 5 heteroatoms. The predicted molar refractivity (Wildman–Crippen MR) is 179 cm³/mol. The summed E-state index contributed by atoms with van der Waals surface area (Å²) >= 11 is 1.85. The van der Waals surface area contributed by atoms with E-state index in [2.05, 4.69) is 108 Å². The van der Waals surface area contributed by atoms with Crippen molar-refractivity contribution in [1.82, 2.24) is 14.5 Å². The SMILES string of the molecule is c1ccc(-c2nc(-n3c4ccccc4c4c5ccccc5c5sc6ccccc6c5c43)nc3oc4ccccc4c23)cc1. The van der Waals surface area contributed by atoms with E-state index in [1.165, 1.54) is 41.7 Å². The fourth-order valence-electron chi connectivity index (χ4n) is 6.84. The Bertz CT molecular complexity index is 2730. The molecule has 200 valence electrons. The Hall–Kier alpha value is -5.52. The number of rotatable bonds is 2. The summed E-state index contributed by atoms with van der Waals surface area (Å²) in [7, 11) is 0. The van der Waals surface area contributed by atoms with Gasteiger partial charge >= 0.3 is 0 Å². The number of nitrogens with zero attached hydrogens (tertiary/aromatic N) is 3. The van der Waals surface area contributed by atoms with Crippen molar-refractivity contribution in [2.24, 2.45) is 0 Å². The lowest BCUT2D eigenvalue weighted by Crippen LogP contribution is -2.03. The number of aromatic nitrogens is 3. The van der Waals surface area contributed by atoms with Gasteiger partial charge in [-0.15, -0.1) is 11.3 Å². The maximum absolute atomic E-state index is 6.43. The molecule has 0 atom stereocenters. The minimum Gasteiger partial charge on any atom is -0.437 e. The molecule has 0 amide bonds. The second-order valence-corrected chi connectivity index (χ2v) is 12.0. The second kappa shape index (κ2) is 8.51. The van der Waals surface area contributed by atoms with Gasteiger partial charge < -0.3 is 4.42 Å². The highest BCUT2D eigenvalue weighted by Gasteiger charge is 2.24. The lowest BCUT2D eigenvalue weighted by molar-refractivity contribution is 0.651. The maximum Gasteiger partial charge on any atom is 0.238 e. The first-order valence-corrected chi connectivity index (χ1v) is 15.2. The van der Waals surface area contributed by atoms with Crippen LogP contribution in [0.15, 0.2) is 132 Å². The molecule has 0 unspecified atom stereocenters. The zero-order chi connectivity index (χ0) is 28.1. The van der Waals surface area contributed by atoms with E-state index in [0.717, 1.165) is 38.6 Å². The Morgan fingerprint density at radius 3 is 2.07 bits per heavy atom. The van der Waals surface area contributed by atoms with Crippen molar-refractivity contribution in [3.05, 3.63) is 127 Å². The van der Waals surface area contributed by atoms with E-state index < -0.39 is 0 Å². The van der Waals surface area contributed by atoms with Crippen LogP contribution in [-0.4, -0.2) is 14.5 Å². The number of benzene rings is 6. The number of para-hydroxylation sites is 2. The third-order valence-electron chi connectivity index (χ3n) is 8.62. The maximum atomic E-state index is 6.43. The number of thiophene rings is 1. The Kier molecular flexibility index (Phi) is 4.57. The van der Waals surface area contributed by atoms with Crippen molar-refractivity contribution in [2.75, 3.05) is 0 Å². The van der Waals surface area contributed by atoms with Crippen molar-refractivity contribution >= 4 is 86.2 Å². The smallest absolute Gasteiger partial charge is 0.238 e. The summed E-state index contributed by atoms with van der Waals surface area (Å²) in [5.41, 5.74) is 5.48. The van der Waals surface area contributed by atoms with Crippen LogP contribution >= 0.6 is 11.3 Å². The minimum atomic E-state index is 0.586. The van der Waals surface area contributed by atoms with Crippen molar-refractivity contribution in [3.63, 3.8) is 0 Å². The number of hydrogen-bond acceptors (Lipinski definition) is 4. The lowest BCUT2D eigenvalue weighted by Gasteiger charge is -2.11. The standard InChI is InChI=1S/C38H21N3OS/c1-2-12-22(13-3-1)34-32-26-17-7-10-20-29(26)42-37(32)40-38(39-34)41-28-19-9-6-16-25(28)31-23-14-4-5-15-24(23)36-33(35(31)41)27-18-8-11-21-30(27)43-36/h1-21H. The molecule has 43 heavy (non-hydrogen) atoms. The molecule has 0 radical (unpaired) electrons. The molecule has 0 saturated heterocycles. The number of furan rings is 1. The number of fused-ring (bicyclic) bond motifs is 13. The van der Waals surface area contributed by atoms with Gasteiger partial charge in [-0.3, -0.25) is 4.57 Å². The molecule has 0 N–H and O–H groups in total. The summed E-state index contributed by atoms with van der Waals surface area (Å²) in [4.78, 5) is 10.6. The zero-order valence-corrected chi connectivity index (χ0v) is 23.6. The number of hydrogen-bond donors (Lipinski definition) is 0. The molecule has 0 aliphatic rings. The Morgan fingerprint density at radius 2 is 1.21 bits per heavy atom. The van der Waals surface area contributed by atoms with E-state index in [-0.39, 0.29) is 0 Å². The van der Waals surface area contributed by atoms with Gasteiger partial charge in [-0.1, -0.05) is 109 Å². The predicted octanol–water partition coefficient (Wildman–Crippen LogP) is 10.7. The molecule has 4 aromatic heterocycles. The van der Waals surface area contributed by atoms with E-state index in [0.29, 0.717) is 11.7 Å². The van der Waals surface area contributed by atoms with Crippen LogP contribution in [0.4, 0.5) is 0 Å². The average Bonchev–Trinajstić information content (AvgIpc) is 3.74. The monoisotopic (exact) mass is 567 g/mol. The van der Waals surface area contributed by atoms with Gasteiger partial charge in [0.15, 0.2) is 0 Å². The normalized spacial score (nSPS) is 12.2. The topological polar surface area (TPSA) is 43.9 Å². The molecule has 0 spiro atoms. The molecule has 0 aliphatic heterocycles. The lowest BCUT2D eigenvalue weighted by atomic mass is 10.00. The molecule has 4 heterocycles.